The van der Waals surface area contributed by atoms with Crippen LogP contribution in [0.5, 0.6) is 0 Å². The van der Waals surface area contributed by atoms with Gasteiger partial charge in [-0.2, -0.15) is 0 Å². The molecule has 0 spiro atoms. The number of carbonyl (C=O) groups is 1. The van der Waals surface area contributed by atoms with E-state index in [1.807, 2.05) is 24.3 Å². The second-order valence-electron chi connectivity index (χ2n) is 4.38. The fourth-order valence-electron chi connectivity index (χ4n) is 2.46. The van der Waals surface area contributed by atoms with Crippen molar-refractivity contribution >= 4 is 5.97 Å². The number of aliphatic carboxylic acids is 1. The van der Waals surface area contributed by atoms with Crippen molar-refractivity contribution in [3.63, 3.8) is 0 Å². The maximum absolute atomic E-state index is 11.1. The molecule has 0 fully saturated rings. The van der Waals surface area contributed by atoms with Gasteiger partial charge in [0.1, 0.15) is 0 Å². The molecule has 0 saturated carbocycles. The lowest BCUT2D eigenvalue weighted by Gasteiger charge is -2.27. The molecule has 0 radical (unpaired) electrons. The highest BCUT2D eigenvalue weighted by atomic mass is 16.4. The van der Waals surface area contributed by atoms with Crippen LogP contribution in [-0.2, 0) is 4.79 Å². The van der Waals surface area contributed by atoms with Crippen LogP contribution in [0.2, 0.25) is 0 Å². The molecule has 0 aromatic heterocycles. The Bertz CT molecular complexity index is 614. The van der Waals surface area contributed by atoms with Gasteiger partial charge in [0.05, 0.1) is 5.92 Å². The maximum Gasteiger partial charge on any atom is 0.310 e. The molecule has 1 atom stereocenters. The fraction of sp³-hybridized carbons (Fsp3) is 0.133. The molecule has 2 aromatic rings. The minimum atomic E-state index is -0.775. The van der Waals surface area contributed by atoms with Gasteiger partial charge in [-0.15, -0.1) is 0 Å². The van der Waals surface area contributed by atoms with Gasteiger partial charge in [0, 0.05) is 0 Å². The molecule has 0 bridgehead atoms. The summed E-state index contributed by atoms with van der Waals surface area (Å²) in [5, 5.41) is 9.12. The van der Waals surface area contributed by atoms with E-state index in [-0.39, 0.29) is 0 Å². The van der Waals surface area contributed by atoms with Crippen LogP contribution in [0.3, 0.4) is 0 Å². The molecule has 0 aliphatic heterocycles. The van der Waals surface area contributed by atoms with Crippen molar-refractivity contribution in [1.82, 2.24) is 0 Å². The van der Waals surface area contributed by atoms with Crippen molar-refractivity contribution in [3.05, 3.63) is 48.0 Å². The largest absolute Gasteiger partial charge is 0.481 e. The number of hydrogen-bond acceptors (Lipinski definition) is 1. The normalized spacial score (nSPS) is 13.2. The minimum Gasteiger partial charge on any atom is -0.481 e. The zero-order valence-corrected chi connectivity index (χ0v) is 9.47. The summed E-state index contributed by atoms with van der Waals surface area (Å²) in [6.45, 7) is 1.74. The molecule has 17 heavy (non-hydrogen) atoms. The molecule has 0 amide bonds. The zero-order valence-electron chi connectivity index (χ0n) is 9.47. The van der Waals surface area contributed by atoms with E-state index in [9.17, 15) is 4.79 Å². The Kier molecular flexibility index (Phi) is 2.05. The van der Waals surface area contributed by atoms with Crippen molar-refractivity contribution < 1.29 is 9.90 Å². The number of hydrogen-bond donors (Lipinski definition) is 1. The van der Waals surface area contributed by atoms with Crippen LogP contribution in [0, 0.1) is 0 Å². The smallest absolute Gasteiger partial charge is 0.310 e. The van der Waals surface area contributed by atoms with E-state index in [2.05, 4.69) is 18.2 Å². The van der Waals surface area contributed by atoms with Crippen molar-refractivity contribution in [2.45, 2.75) is 12.8 Å². The molecular formula is C15H12O2. The van der Waals surface area contributed by atoms with Crippen LogP contribution in [0.4, 0.5) is 0 Å². The topological polar surface area (TPSA) is 37.3 Å². The van der Waals surface area contributed by atoms with Gasteiger partial charge < -0.3 is 5.11 Å². The summed E-state index contributed by atoms with van der Waals surface area (Å²) in [5.74, 6) is -1.24. The van der Waals surface area contributed by atoms with E-state index < -0.39 is 11.9 Å². The highest BCUT2D eigenvalue weighted by molar-refractivity contribution is 6.04. The molecule has 2 nitrogen and oxygen atoms in total. The van der Waals surface area contributed by atoms with Crippen LogP contribution in [0.15, 0.2) is 42.5 Å². The molecule has 2 heteroatoms. The number of benzene rings is 2. The molecule has 1 aliphatic carbocycles. The first-order valence-corrected chi connectivity index (χ1v) is 5.65. The Morgan fingerprint density at radius 1 is 1.00 bits per heavy atom. The van der Waals surface area contributed by atoms with Gasteiger partial charge in [-0.05, 0) is 34.7 Å². The second kappa shape index (κ2) is 3.45. The van der Waals surface area contributed by atoms with Gasteiger partial charge >= 0.3 is 5.97 Å². The van der Waals surface area contributed by atoms with Gasteiger partial charge in [0.25, 0.3) is 0 Å². The molecule has 1 unspecified atom stereocenters. The zero-order chi connectivity index (χ0) is 12.0. The quantitative estimate of drug-likeness (QED) is 0.723. The van der Waals surface area contributed by atoms with Gasteiger partial charge in [-0.3, -0.25) is 4.79 Å². The third kappa shape index (κ3) is 1.30. The number of rotatable bonds is 2. The fourth-order valence-corrected chi connectivity index (χ4v) is 2.46. The SMILES string of the molecule is CC(C(=O)O)c1cccc2c1-c1ccccc1-2. The average Bonchev–Trinajstić information content (AvgIpc) is 2.34. The number of carboxylic acid groups (broad SMARTS) is 1. The molecule has 3 rings (SSSR count). The van der Waals surface area contributed by atoms with Crippen molar-refractivity contribution in [1.29, 1.82) is 0 Å². The van der Waals surface area contributed by atoms with E-state index in [4.69, 9.17) is 5.11 Å². The van der Waals surface area contributed by atoms with E-state index in [0.29, 0.717) is 0 Å². The highest BCUT2D eigenvalue weighted by Gasteiger charge is 2.28. The summed E-state index contributed by atoms with van der Waals surface area (Å²) in [7, 11) is 0. The molecular weight excluding hydrogens is 212 g/mol. The summed E-state index contributed by atoms with van der Waals surface area (Å²) in [6.07, 6.45) is 0. The Hall–Kier alpha value is -2.09. The van der Waals surface area contributed by atoms with E-state index in [1.165, 1.54) is 16.7 Å². The first-order chi connectivity index (χ1) is 8.20. The van der Waals surface area contributed by atoms with Crippen molar-refractivity contribution in [2.75, 3.05) is 0 Å². The molecule has 0 heterocycles. The summed E-state index contributed by atoms with van der Waals surface area (Å²) in [5.41, 5.74) is 5.59. The van der Waals surface area contributed by atoms with Crippen LogP contribution in [-0.4, -0.2) is 11.1 Å². The van der Waals surface area contributed by atoms with Gasteiger partial charge in [-0.25, -0.2) is 0 Å². The van der Waals surface area contributed by atoms with Crippen molar-refractivity contribution in [2.24, 2.45) is 0 Å². The van der Waals surface area contributed by atoms with Gasteiger partial charge in [-0.1, -0.05) is 42.5 Å². The number of carboxylic acids is 1. The summed E-state index contributed by atoms with van der Waals surface area (Å²) < 4.78 is 0. The maximum atomic E-state index is 11.1. The van der Waals surface area contributed by atoms with Crippen molar-refractivity contribution in [3.8, 4) is 22.3 Å². The van der Waals surface area contributed by atoms with E-state index in [1.54, 1.807) is 6.92 Å². The highest BCUT2D eigenvalue weighted by Crippen LogP contribution is 2.50. The average molecular weight is 224 g/mol. The first kappa shape index (κ1) is 10.1. The predicted octanol–water partition coefficient (Wildman–Crippen LogP) is 3.52. The molecule has 1 N–H and O–H groups in total. The standard InChI is InChI=1S/C15H12O2/c1-9(15(16)17)10-7-4-8-13-11-5-2-3-6-12(11)14(10)13/h2-9H,1H3,(H,16,17). The number of fused-ring (bicyclic) bond motifs is 4. The lowest BCUT2D eigenvalue weighted by molar-refractivity contribution is -0.138. The second-order valence-corrected chi connectivity index (χ2v) is 4.38. The lowest BCUT2D eigenvalue weighted by Crippen LogP contribution is -2.12. The van der Waals surface area contributed by atoms with E-state index in [0.717, 1.165) is 11.1 Å². The molecule has 84 valence electrons. The molecule has 1 aliphatic rings. The van der Waals surface area contributed by atoms with E-state index >= 15 is 0 Å². The predicted molar refractivity (Wildman–Crippen MR) is 66.9 cm³/mol. The van der Waals surface area contributed by atoms with Crippen LogP contribution >= 0.6 is 0 Å². The Balaban J connectivity index is 2.18. The summed E-state index contributed by atoms with van der Waals surface area (Å²) in [4.78, 5) is 11.1. The minimum absolute atomic E-state index is 0.460. The third-order valence-corrected chi connectivity index (χ3v) is 3.42. The Labute approximate surface area is 99.5 Å². The first-order valence-electron chi connectivity index (χ1n) is 5.65. The monoisotopic (exact) mass is 224 g/mol. The Morgan fingerprint density at radius 2 is 1.65 bits per heavy atom. The van der Waals surface area contributed by atoms with Gasteiger partial charge in [0.2, 0.25) is 0 Å². The van der Waals surface area contributed by atoms with Crippen LogP contribution in [0.1, 0.15) is 18.4 Å². The van der Waals surface area contributed by atoms with Crippen LogP contribution in [0.25, 0.3) is 22.3 Å². The lowest BCUT2D eigenvalue weighted by atomic mass is 9.75. The molecule has 2 aromatic carbocycles. The van der Waals surface area contributed by atoms with Gasteiger partial charge in [0.15, 0.2) is 0 Å². The van der Waals surface area contributed by atoms with Crippen LogP contribution < -0.4 is 0 Å². The Morgan fingerprint density at radius 3 is 2.35 bits per heavy atom. The summed E-state index contributed by atoms with van der Waals surface area (Å²) >= 11 is 0. The summed E-state index contributed by atoms with van der Waals surface area (Å²) in [6, 6.07) is 14.0. The molecule has 0 saturated heterocycles. The third-order valence-electron chi connectivity index (χ3n) is 3.42.